The summed E-state index contributed by atoms with van der Waals surface area (Å²) in [6.45, 7) is 3.70. The Kier molecular flexibility index (Phi) is 3.42. The van der Waals surface area contributed by atoms with Gasteiger partial charge >= 0.3 is 0 Å². The minimum Gasteiger partial charge on any atom is -0.266 e. The fourth-order valence-corrected chi connectivity index (χ4v) is 1.37. The first kappa shape index (κ1) is 11.9. The lowest BCUT2D eigenvalue weighted by atomic mass is 10.4. The van der Waals surface area contributed by atoms with Crippen LogP contribution in [0.4, 0.5) is 5.95 Å². The number of aryl methyl sites for hydroxylation is 2. The number of hydrazine groups is 1. The van der Waals surface area contributed by atoms with E-state index in [0.29, 0.717) is 5.95 Å². The summed E-state index contributed by atoms with van der Waals surface area (Å²) in [6.07, 6.45) is 4.32. The van der Waals surface area contributed by atoms with Crippen molar-refractivity contribution < 1.29 is 4.79 Å². The highest BCUT2D eigenvalue weighted by Gasteiger charge is 2.07. The summed E-state index contributed by atoms with van der Waals surface area (Å²) in [4.78, 5) is 27.6. The second-order valence-electron chi connectivity index (χ2n) is 3.64. The van der Waals surface area contributed by atoms with E-state index in [4.69, 9.17) is 0 Å². The van der Waals surface area contributed by atoms with Gasteiger partial charge in [0.05, 0.1) is 6.20 Å². The molecule has 0 aliphatic carbocycles. The van der Waals surface area contributed by atoms with Crippen LogP contribution < -0.4 is 10.9 Å². The van der Waals surface area contributed by atoms with E-state index in [0.717, 1.165) is 11.4 Å². The van der Waals surface area contributed by atoms with Crippen molar-refractivity contribution in [2.75, 3.05) is 5.43 Å². The molecule has 2 heterocycles. The van der Waals surface area contributed by atoms with Crippen LogP contribution in [0.1, 0.15) is 21.9 Å². The number of carbonyl (C=O) groups is 1. The van der Waals surface area contributed by atoms with Gasteiger partial charge in [0.2, 0.25) is 5.95 Å². The molecule has 0 atom stereocenters. The molecule has 0 saturated heterocycles. The van der Waals surface area contributed by atoms with Gasteiger partial charge < -0.3 is 0 Å². The average molecular weight is 244 g/mol. The zero-order valence-electron chi connectivity index (χ0n) is 10.0. The number of aromatic nitrogens is 4. The monoisotopic (exact) mass is 244 g/mol. The molecule has 7 nitrogen and oxygen atoms in total. The van der Waals surface area contributed by atoms with Gasteiger partial charge in [-0.3, -0.25) is 20.6 Å². The zero-order chi connectivity index (χ0) is 13.0. The molecule has 0 aliphatic rings. The van der Waals surface area contributed by atoms with Gasteiger partial charge in [0.1, 0.15) is 5.69 Å². The SMILES string of the molecule is Cc1cc(C)nc(NNC(=O)c2cnccn2)n1. The Morgan fingerprint density at radius 3 is 2.50 bits per heavy atom. The number of anilines is 1. The number of nitrogens with one attached hydrogen (secondary N) is 2. The maximum absolute atomic E-state index is 11.7. The third-order valence-electron chi connectivity index (χ3n) is 2.07. The molecule has 0 spiro atoms. The molecule has 2 aromatic heterocycles. The van der Waals surface area contributed by atoms with Crippen molar-refractivity contribution in [1.82, 2.24) is 25.4 Å². The number of carbonyl (C=O) groups excluding carboxylic acids is 1. The molecule has 18 heavy (non-hydrogen) atoms. The van der Waals surface area contributed by atoms with E-state index >= 15 is 0 Å². The second-order valence-corrected chi connectivity index (χ2v) is 3.64. The Morgan fingerprint density at radius 2 is 1.89 bits per heavy atom. The van der Waals surface area contributed by atoms with Crippen LogP contribution in [0.5, 0.6) is 0 Å². The van der Waals surface area contributed by atoms with Crippen molar-refractivity contribution in [3.63, 3.8) is 0 Å². The van der Waals surface area contributed by atoms with Crippen LogP contribution in [-0.4, -0.2) is 25.8 Å². The number of nitrogens with zero attached hydrogens (tertiary/aromatic N) is 4. The van der Waals surface area contributed by atoms with E-state index in [2.05, 4.69) is 30.8 Å². The predicted molar refractivity (Wildman–Crippen MR) is 64.6 cm³/mol. The molecule has 0 radical (unpaired) electrons. The molecular weight excluding hydrogens is 232 g/mol. The first-order valence-electron chi connectivity index (χ1n) is 5.30. The highest BCUT2D eigenvalue weighted by atomic mass is 16.2. The van der Waals surface area contributed by atoms with Crippen molar-refractivity contribution in [1.29, 1.82) is 0 Å². The third-order valence-corrected chi connectivity index (χ3v) is 2.07. The molecule has 2 aromatic rings. The lowest BCUT2D eigenvalue weighted by Gasteiger charge is -2.07. The largest absolute Gasteiger partial charge is 0.289 e. The van der Waals surface area contributed by atoms with E-state index < -0.39 is 5.91 Å². The standard InChI is InChI=1S/C11H12N6O/c1-7-5-8(2)15-11(14-7)17-16-10(18)9-6-12-3-4-13-9/h3-6H,1-2H3,(H,16,18)(H,14,15,17). The van der Waals surface area contributed by atoms with Crippen LogP contribution in [0.3, 0.4) is 0 Å². The third kappa shape index (κ3) is 2.97. The first-order chi connectivity index (χ1) is 8.65. The summed E-state index contributed by atoms with van der Waals surface area (Å²) >= 11 is 0. The van der Waals surface area contributed by atoms with E-state index in [1.165, 1.54) is 18.6 Å². The summed E-state index contributed by atoms with van der Waals surface area (Å²) < 4.78 is 0. The van der Waals surface area contributed by atoms with Crippen molar-refractivity contribution in [2.24, 2.45) is 0 Å². The number of hydrogen-bond acceptors (Lipinski definition) is 6. The summed E-state index contributed by atoms with van der Waals surface area (Å²) in [7, 11) is 0. The molecule has 0 unspecified atom stereocenters. The first-order valence-corrected chi connectivity index (χ1v) is 5.30. The lowest BCUT2D eigenvalue weighted by molar-refractivity contribution is 0.0957. The van der Waals surface area contributed by atoms with Crippen molar-refractivity contribution >= 4 is 11.9 Å². The summed E-state index contributed by atoms with van der Waals surface area (Å²) in [6, 6.07) is 1.84. The molecule has 0 aromatic carbocycles. The smallest absolute Gasteiger partial charge is 0.266 e. The zero-order valence-corrected chi connectivity index (χ0v) is 10.0. The van der Waals surface area contributed by atoms with Gasteiger partial charge in [-0.1, -0.05) is 0 Å². The van der Waals surface area contributed by atoms with Crippen LogP contribution in [0.15, 0.2) is 24.7 Å². The number of rotatable bonds is 3. The summed E-state index contributed by atoms with van der Waals surface area (Å²) in [5.74, 6) is -0.0596. The lowest BCUT2D eigenvalue weighted by Crippen LogP contribution is -2.31. The fraction of sp³-hybridized carbons (Fsp3) is 0.182. The van der Waals surface area contributed by atoms with E-state index in [1.807, 2.05) is 19.9 Å². The average Bonchev–Trinajstić information content (AvgIpc) is 2.36. The molecule has 7 heteroatoms. The molecule has 0 fully saturated rings. The molecule has 0 bridgehead atoms. The van der Waals surface area contributed by atoms with E-state index in [1.54, 1.807) is 0 Å². The normalized spacial score (nSPS) is 9.89. The van der Waals surface area contributed by atoms with Crippen molar-refractivity contribution in [3.8, 4) is 0 Å². The highest BCUT2D eigenvalue weighted by Crippen LogP contribution is 2.02. The Bertz CT molecular complexity index is 536. The topological polar surface area (TPSA) is 92.7 Å². The maximum atomic E-state index is 11.7. The number of amides is 1. The van der Waals surface area contributed by atoms with Gasteiger partial charge in [0.25, 0.3) is 5.91 Å². The molecule has 2 rings (SSSR count). The molecule has 0 saturated carbocycles. The van der Waals surface area contributed by atoms with Crippen LogP contribution in [-0.2, 0) is 0 Å². The van der Waals surface area contributed by atoms with Gasteiger partial charge in [-0.25, -0.2) is 15.0 Å². The van der Waals surface area contributed by atoms with Crippen molar-refractivity contribution in [3.05, 3.63) is 41.7 Å². The molecular formula is C11H12N6O. The van der Waals surface area contributed by atoms with Crippen molar-refractivity contribution in [2.45, 2.75) is 13.8 Å². The Hall–Kier alpha value is -2.57. The van der Waals surface area contributed by atoms with E-state index in [-0.39, 0.29) is 5.69 Å². The maximum Gasteiger partial charge on any atom is 0.289 e. The fourth-order valence-electron chi connectivity index (χ4n) is 1.37. The molecule has 92 valence electrons. The minimum absolute atomic E-state index is 0.217. The Morgan fingerprint density at radius 1 is 1.17 bits per heavy atom. The molecule has 2 N–H and O–H groups in total. The number of hydrogen-bond donors (Lipinski definition) is 2. The quantitative estimate of drug-likeness (QED) is 0.770. The van der Waals surface area contributed by atoms with Crippen LogP contribution >= 0.6 is 0 Å². The van der Waals surface area contributed by atoms with Gasteiger partial charge in [-0.15, -0.1) is 0 Å². The predicted octanol–water partition coefficient (Wildman–Crippen LogP) is 0.640. The van der Waals surface area contributed by atoms with Gasteiger partial charge in [0.15, 0.2) is 0 Å². The summed E-state index contributed by atoms with van der Waals surface area (Å²) in [5.41, 5.74) is 6.94. The Labute approximate surface area is 104 Å². The van der Waals surface area contributed by atoms with Crippen LogP contribution in [0.2, 0.25) is 0 Å². The second kappa shape index (κ2) is 5.17. The molecule has 1 amide bonds. The van der Waals surface area contributed by atoms with E-state index in [9.17, 15) is 4.79 Å². The van der Waals surface area contributed by atoms with Gasteiger partial charge in [-0.05, 0) is 19.9 Å². The highest BCUT2D eigenvalue weighted by molar-refractivity contribution is 5.92. The minimum atomic E-state index is -0.397. The Balaban J connectivity index is 2.02. The van der Waals surface area contributed by atoms with Gasteiger partial charge in [-0.2, -0.15) is 0 Å². The molecule has 0 aliphatic heterocycles. The summed E-state index contributed by atoms with van der Waals surface area (Å²) in [5, 5.41) is 0. The van der Waals surface area contributed by atoms with Crippen LogP contribution in [0, 0.1) is 13.8 Å². The van der Waals surface area contributed by atoms with Crippen LogP contribution in [0.25, 0.3) is 0 Å². The van der Waals surface area contributed by atoms with Gasteiger partial charge in [0, 0.05) is 23.8 Å².